The number of amides is 2. The molecule has 8 heteroatoms. The predicted octanol–water partition coefficient (Wildman–Crippen LogP) is 4.28. The number of hydrogen-bond donors (Lipinski definition) is 2. The van der Waals surface area contributed by atoms with E-state index in [0.717, 1.165) is 21.9 Å². The van der Waals surface area contributed by atoms with E-state index in [4.69, 9.17) is 0 Å². The topological polar surface area (TPSA) is 95.6 Å². The molecule has 0 unspecified atom stereocenters. The number of rotatable bonds is 10. The first-order valence-electron chi connectivity index (χ1n) is 11.5. The number of carbonyl (C=O) groups excluding carboxylic acids is 2. The quantitative estimate of drug-likeness (QED) is 0.441. The van der Waals surface area contributed by atoms with Crippen LogP contribution in [0.25, 0.3) is 0 Å². The van der Waals surface area contributed by atoms with Crippen LogP contribution in [0.4, 0.5) is 5.69 Å². The number of benzene rings is 3. The fourth-order valence-electron chi connectivity index (χ4n) is 3.65. The molecule has 2 N–H and O–H groups in total. The maximum atomic E-state index is 13.5. The van der Waals surface area contributed by atoms with E-state index in [1.54, 1.807) is 0 Å². The number of aryl methyl sites for hydroxylation is 1. The van der Waals surface area contributed by atoms with Crippen molar-refractivity contribution in [2.45, 2.75) is 44.7 Å². The molecule has 0 bridgehead atoms. The third-order valence-electron chi connectivity index (χ3n) is 5.60. The van der Waals surface area contributed by atoms with E-state index in [-0.39, 0.29) is 29.9 Å². The molecule has 3 aromatic rings. The highest BCUT2D eigenvalue weighted by Gasteiger charge is 2.27. The van der Waals surface area contributed by atoms with Crippen LogP contribution in [0.5, 0.6) is 0 Å². The Morgan fingerprint density at radius 3 is 2.09 bits per heavy atom. The number of carbonyl (C=O) groups is 2. The largest absolute Gasteiger partial charge is 0.348 e. The maximum Gasteiger partial charge on any atom is 0.243 e. The lowest BCUT2D eigenvalue weighted by molar-refractivity contribution is -0.122. The molecule has 0 radical (unpaired) electrons. The summed E-state index contributed by atoms with van der Waals surface area (Å²) >= 11 is 0. The Bertz CT molecular complexity index is 1240. The Morgan fingerprint density at radius 2 is 1.51 bits per heavy atom. The van der Waals surface area contributed by atoms with Crippen molar-refractivity contribution in [3.05, 3.63) is 95.6 Å². The zero-order valence-electron chi connectivity index (χ0n) is 20.2. The molecule has 0 aliphatic heterocycles. The molecule has 0 spiro atoms. The zero-order valence-corrected chi connectivity index (χ0v) is 21.0. The fraction of sp³-hybridized carbons (Fsp3) is 0.259. The van der Waals surface area contributed by atoms with Gasteiger partial charge in [0.05, 0.1) is 17.5 Å². The molecular weight excluding hydrogens is 462 g/mol. The number of hydrogen-bond acceptors (Lipinski definition) is 4. The molecule has 0 heterocycles. The molecule has 3 rings (SSSR count). The minimum Gasteiger partial charge on any atom is -0.348 e. The minimum atomic E-state index is -3.99. The summed E-state index contributed by atoms with van der Waals surface area (Å²) in [5.41, 5.74) is 3.41. The summed E-state index contributed by atoms with van der Waals surface area (Å²) in [5, 5.41) is 5.53. The third kappa shape index (κ3) is 7.24. The molecule has 3 aromatic carbocycles. The second-order valence-electron chi connectivity index (χ2n) is 8.35. The van der Waals surface area contributed by atoms with Gasteiger partial charge in [-0.3, -0.25) is 9.59 Å². The van der Waals surface area contributed by atoms with E-state index < -0.39 is 15.9 Å². The second-order valence-corrected chi connectivity index (χ2v) is 10.3. The van der Waals surface area contributed by atoms with Crippen LogP contribution in [-0.4, -0.2) is 31.1 Å². The first-order valence-corrected chi connectivity index (χ1v) is 12.9. The highest BCUT2D eigenvalue weighted by Crippen LogP contribution is 2.21. The Balaban J connectivity index is 1.80. The van der Waals surface area contributed by atoms with Crippen LogP contribution < -0.4 is 10.6 Å². The average Bonchev–Trinajstić information content (AvgIpc) is 2.84. The highest BCUT2D eigenvalue weighted by atomic mass is 32.2. The Hall–Kier alpha value is -3.49. The molecule has 0 saturated carbocycles. The smallest absolute Gasteiger partial charge is 0.243 e. The first-order chi connectivity index (χ1) is 16.7. The Morgan fingerprint density at radius 1 is 0.886 bits per heavy atom. The van der Waals surface area contributed by atoms with E-state index in [2.05, 4.69) is 17.6 Å². The Labute approximate surface area is 207 Å². The van der Waals surface area contributed by atoms with Crippen LogP contribution in [0.2, 0.25) is 0 Å². The molecule has 35 heavy (non-hydrogen) atoms. The van der Waals surface area contributed by atoms with E-state index in [9.17, 15) is 18.0 Å². The van der Waals surface area contributed by atoms with E-state index in [1.165, 1.54) is 36.8 Å². The van der Waals surface area contributed by atoms with Crippen molar-refractivity contribution in [2.24, 2.45) is 0 Å². The van der Waals surface area contributed by atoms with Crippen LogP contribution in [0.1, 0.15) is 43.5 Å². The molecule has 1 atom stereocenters. The molecule has 0 saturated heterocycles. The SMILES string of the molecule is CCc1ccc([C@H](C)NC(=O)CN(Cc2ccccc2)S(=O)(=O)c2ccc(NC(C)=O)cc2)cc1. The normalized spacial score (nSPS) is 12.2. The highest BCUT2D eigenvalue weighted by molar-refractivity contribution is 7.89. The molecule has 0 fully saturated rings. The number of nitrogens with zero attached hydrogens (tertiary/aromatic N) is 1. The minimum absolute atomic E-state index is 0.0403. The predicted molar refractivity (Wildman–Crippen MR) is 137 cm³/mol. The molecule has 0 aromatic heterocycles. The maximum absolute atomic E-state index is 13.5. The van der Waals surface area contributed by atoms with Gasteiger partial charge in [0.15, 0.2) is 0 Å². The van der Waals surface area contributed by atoms with Gasteiger partial charge in [-0.1, -0.05) is 61.5 Å². The van der Waals surface area contributed by atoms with Crippen molar-refractivity contribution in [2.75, 3.05) is 11.9 Å². The van der Waals surface area contributed by atoms with Crippen molar-refractivity contribution in [3.8, 4) is 0 Å². The molecular formula is C27H31N3O4S. The van der Waals surface area contributed by atoms with Gasteiger partial charge >= 0.3 is 0 Å². The van der Waals surface area contributed by atoms with Crippen LogP contribution in [0, 0.1) is 0 Å². The van der Waals surface area contributed by atoms with Crippen LogP contribution >= 0.6 is 0 Å². The molecule has 2 amide bonds. The van der Waals surface area contributed by atoms with Crippen molar-refractivity contribution in [3.63, 3.8) is 0 Å². The first kappa shape index (κ1) is 26.1. The van der Waals surface area contributed by atoms with Gasteiger partial charge in [-0.2, -0.15) is 4.31 Å². The summed E-state index contributed by atoms with van der Waals surface area (Å²) in [6, 6.07) is 22.7. The summed E-state index contributed by atoms with van der Waals surface area (Å²) in [7, 11) is -3.99. The lowest BCUT2D eigenvalue weighted by Crippen LogP contribution is -2.41. The van der Waals surface area contributed by atoms with Gasteiger partial charge in [0.25, 0.3) is 0 Å². The monoisotopic (exact) mass is 493 g/mol. The van der Waals surface area contributed by atoms with Gasteiger partial charge in [0.1, 0.15) is 0 Å². The fourth-order valence-corrected chi connectivity index (χ4v) is 5.03. The van der Waals surface area contributed by atoms with E-state index in [0.29, 0.717) is 5.69 Å². The van der Waals surface area contributed by atoms with E-state index >= 15 is 0 Å². The van der Waals surface area contributed by atoms with Gasteiger partial charge in [-0.25, -0.2) is 8.42 Å². The van der Waals surface area contributed by atoms with Crippen molar-refractivity contribution >= 4 is 27.5 Å². The molecule has 0 aliphatic carbocycles. The Kier molecular flexibility index (Phi) is 8.78. The lowest BCUT2D eigenvalue weighted by atomic mass is 10.1. The van der Waals surface area contributed by atoms with Crippen LogP contribution in [0.3, 0.4) is 0 Å². The van der Waals surface area contributed by atoms with Crippen LogP contribution in [0.15, 0.2) is 83.8 Å². The molecule has 7 nitrogen and oxygen atoms in total. The summed E-state index contributed by atoms with van der Waals surface area (Å²) in [6.45, 7) is 5.04. The van der Waals surface area contributed by atoms with Crippen molar-refractivity contribution in [1.82, 2.24) is 9.62 Å². The number of sulfonamides is 1. The summed E-state index contributed by atoms with van der Waals surface area (Å²) in [5.74, 6) is -0.645. The zero-order chi connectivity index (χ0) is 25.4. The van der Waals surface area contributed by atoms with Crippen LogP contribution in [-0.2, 0) is 32.6 Å². The molecule has 0 aliphatic rings. The van der Waals surface area contributed by atoms with E-state index in [1.807, 2.05) is 61.5 Å². The average molecular weight is 494 g/mol. The summed E-state index contributed by atoms with van der Waals surface area (Å²) in [6.07, 6.45) is 0.930. The standard InChI is InChI=1S/C27H31N3O4S/c1-4-22-10-12-24(13-11-22)20(2)28-27(32)19-30(18-23-8-6-5-7-9-23)35(33,34)26-16-14-25(15-17-26)29-21(3)31/h5-17,20H,4,18-19H2,1-3H3,(H,28,32)(H,29,31)/t20-/m0/s1. The lowest BCUT2D eigenvalue weighted by Gasteiger charge is -2.23. The molecule has 184 valence electrons. The van der Waals surface area contributed by atoms with Gasteiger partial charge in [0, 0.05) is 19.2 Å². The van der Waals surface area contributed by atoms with Crippen molar-refractivity contribution in [1.29, 1.82) is 0 Å². The van der Waals surface area contributed by atoms with Crippen molar-refractivity contribution < 1.29 is 18.0 Å². The van der Waals surface area contributed by atoms with Gasteiger partial charge in [-0.05, 0) is 54.3 Å². The number of nitrogens with one attached hydrogen (secondary N) is 2. The number of anilines is 1. The van der Waals surface area contributed by atoms with Gasteiger partial charge < -0.3 is 10.6 Å². The summed E-state index contributed by atoms with van der Waals surface area (Å²) in [4.78, 5) is 24.2. The van der Waals surface area contributed by atoms with Gasteiger partial charge in [0.2, 0.25) is 21.8 Å². The second kappa shape index (κ2) is 11.8. The summed E-state index contributed by atoms with van der Waals surface area (Å²) < 4.78 is 28.1. The van der Waals surface area contributed by atoms with Gasteiger partial charge in [-0.15, -0.1) is 0 Å². The third-order valence-corrected chi connectivity index (χ3v) is 7.41.